The number of fused-ring (bicyclic) bond motifs is 1. The molecule has 0 radical (unpaired) electrons. The molecule has 19 heavy (non-hydrogen) atoms. The van der Waals surface area contributed by atoms with E-state index in [-0.39, 0.29) is 0 Å². The summed E-state index contributed by atoms with van der Waals surface area (Å²) < 4.78 is 0. The van der Waals surface area contributed by atoms with Crippen molar-refractivity contribution in [1.29, 1.82) is 0 Å². The van der Waals surface area contributed by atoms with Crippen LogP contribution in [0.3, 0.4) is 0 Å². The molecule has 2 heterocycles. The molecule has 3 rings (SSSR count). The quantitative estimate of drug-likeness (QED) is 0.560. The predicted molar refractivity (Wildman–Crippen MR) is 81.1 cm³/mol. The van der Waals surface area contributed by atoms with E-state index in [1.807, 2.05) is 0 Å². The summed E-state index contributed by atoms with van der Waals surface area (Å²) >= 11 is 8.17. The molecule has 0 aromatic carbocycles. The van der Waals surface area contributed by atoms with Crippen LogP contribution in [0.1, 0.15) is 40.3 Å². The highest BCUT2D eigenvalue weighted by Crippen LogP contribution is 2.32. The SMILES string of the molecule is Cc1cc(-c2nc(Cl)c3c(n2)CCCCC3)c(C)s1. The summed E-state index contributed by atoms with van der Waals surface area (Å²) in [4.78, 5) is 11.9. The molecule has 0 N–H and O–H groups in total. The first-order chi connectivity index (χ1) is 9.15. The Labute approximate surface area is 122 Å². The Morgan fingerprint density at radius 1 is 1.11 bits per heavy atom. The average Bonchev–Trinajstić information content (AvgIpc) is 2.59. The van der Waals surface area contributed by atoms with E-state index in [9.17, 15) is 0 Å². The number of aryl methyl sites for hydroxylation is 3. The van der Waals surface area contributed by atoms with E-state index in [1.54, 1.807) is 11.3 Å². The molecule has 1 aliphatic rings. The van der Waals surface area contributed by atoms with Gasteiger partial charge in [-0.05, 0) is 45.6 Å². The molecule has 2 aromatic heterocycles. The van der Waals surface area contributed by atoms with Crippen LogP contribution >= 0.6 is 22.9 Å². The molecular formula is C15H17ClN2S. The zero-order chi connectivity index (χ0) is 13.4. The Hall–Kier alpha value is -0.930. The summed E-state index contributed by atoms with van der Waals surface area (Å²) in [6, 6.07) is 2.16. The molecule has 2 aromatic rings. The van der Waals surface area contributed by atoms with Crippen molar-refractivity contribution < 1.29 is 0 Å². The molecule has 4 heteroatoms. The van der Waals surface area contributed by atoms with Crippen LogP contribution < -0.4 is 0 Å². The van der Waals surface area contributed by atoms with Gasteiger partial charge in [0.15, 0.2) is 5.82 Å². The molecule has 100 valence electrons. The van der Waals surface area contributed by atoms with Crippen molar-refractivity contribution in [3.63, 3.8) is 0 Å². The predicted octanol–water partition coefficient (Wildman–Crippen LogP) is 4.74. The Balaban J connectivity index is 2.11. The van der Waals surface area contributed by atoms with E-state index in [0.29, 0.717) is 5.15 Å². The van der Waals surface area contributed by atoms with E-state index >= 15 is 0 Å². The molecule has 0 fully saturated rings. The van der Waals surface area contributed by atoms with Crippen molar-refractivity contribution in [2.24, 2.45) is 0 Å². The fraction of sp³-hybridized carbons (Fsp3) is 0.467. The van der Waals surface area contributed by atoms with Crippen LogP contribution in [-0.4, -0.2) is 9.97 Å². The molecule has 0 unspecified atom stereocenters. The van der Waals surface area contributed by atoms with Gasteiger partial charge in [-0.3, -0.25) is 0 Å². The zero-order valence-corrected chi connectivity index (χ0v) is 12.9. The van der Waals surface area contributed by atoms with Gasteiger partial charge >= 0.3 is 0 Å². The monoisotopic (exact) mass is 292 g/mol. The van der Waals surface area contributed by atoms with E-state index < -0.39 is 0 Å². The van der Waals surface area contributed by atoms with Gasteiger partial charge in [-0.1, -0.05) is 18.0 Å². The van der Waals surface area contributed by atoms with E-state index in [4.69, 9.17) is 16.6 Å². The third kappa shape index (κ3) is 2.54. The largest absolute Gasteiger partial charge is 0.233 e. The Kier molecular flexibility index (Phi) is 3.59. The summed E-state index contributed by atoms with van der Waals surface area (Å²) in [5.74, 6) is 0.799. The highest BCUT2D eigenvalue weighted by atomic mass is 35.5. The lowest BCUT2D eigenvalue weighted by Gasteiger charge is -2.09. The van der Waals surface area contributed by atoms with Gasteiger partial charge in [0.25, 0.3) is 0 Å². The Morgan fingerprint density at radius 2 is 1.89 bits per heavy atom. The maximum Gasteiger partial charge on any atom is 0.162 e. The smallest absolute Gasteiger partial charge is 0.162 e. The van der Waals surface area contributed by atoms with Crippen LogP contribution in [0, 0.1) is 13.8 Å². The fourth-order valence-corrected chi connectivity index (χ4v) is 3.90. The summed E-state index contributed by atoms with van der Waals surface area (Å²) in [7, 11) is 0. The first-order valence-electron chi connectivity index (χ1n) is 6.78. The summed E-state index contributed by atoms with van der Waals surface area (Å²) in [6.45, 7) is 4.24. The van der Waals surface area contributed by atoms with Gasteiger partial charge < -0.3 is 0 Å². The van der Waals surface area contributed by atoms with Gasteiger partial charge in [-0.15, -0.1) is 11.3 Å². The Morgan fingerprint density at radius 3 is 2.63 bits per heavy atom. The van der Waals surface area contributed by atoms with Crippen molar-refractivity contribution in [3.8, 4) is 11.4 Å². The van der Waals surface area contributed by atoms with Crippen molar-refractivity contribution in [2.45, 2.75) is 46.0 Å². The Bertz CT molecular complexity index is 619. The third-order valence-electron chi connectivity index (χ3n) is 3.66. The number of hydrogen-bond donors (Lipinski definition) is 0. The van der Waals surface area contributed by atoms with Gasteiger partial charge in [0.05, 0.1) is 0 Å². The maximum atomic E-state index is 6.38. The van der Waals surface area contributed by atoms with E-state index in [2.05, 4.69) is 24.9 Å². The van der Waals surface area contributed by atoms with Crippen LogP contribution in [0.25, 0.3) is 11.4 Å². The van der Waals surface area contributed by atoms with Gasteiger partial charge in [-0.25, -0.2) is 9.97 Å². The van der Waals surface area contributed by atoms with Crippen LogP contribution in [0.2, 0.25) is 5.15 Å². The van der Waals surface area contributed by atoms with Gasteiger partial charge in [0.2, 0.25) is 0 Å². The number of nitrogens with zero attached hydrogens (tertiary/aromatic N) is 2. The summed E-state index contributed by atoms with van der Waals surface area (Å²) in [6.07, 6.45) is 5.73. The highest BCUT2D eigenvalue weighted by Gasteiger charge is 2.17. The maximum absolute atomic E-state index is 6.38. The normalized spacial score (nSPS) is 15.1. The second-order valence-corrected chi connectivity index (χ2v) is 6.97. The van der Waals surface area contributed by atoms with Gasteiger partial charge in [0.1, 0.15) is 5.15 Å². The number of aromatic nitrogens is 2. The van der Waals surface area contributed by atoms with Crippen molar-refractivity contribution in [3.05, 3.63) is 32.2 Å². The van der Waals surface area contributed by atoms with E-state index in [1.165, 1.54) is 34.6 Å². The van der Waals surface area contributed by atoms with Gasteiger partial charge in [-0.2, -0.15) is 0 Å². The first kappa shape index (κ1) is 13.1. The molecule has 0 bridgehead atoms. The molecule has 0 saturated carbocycles. The summed E-state index contributed by atoms with van der Waals surface area (Å²) in [5, 5.41) is 0.658. The second-order valence-electron chi connectivity index (χ2n) is 5.15. The number of hydrogen-bond acceptors (Lipinski definition) is 3. The van der Waals surface area contributed by atoms with Crippen molar-refractivity contribution in [2.75, 3.05) is 0 Å². The summed E-state index contributed by atoms with van der Waals surface area (Å²) in [5.41, 5.74) is 3.47. The third-order valence-corrected chi connectivity index (χ3v) is 4.94. The molecule has 0 aliphatic heterocycles. The molecule has 2 nitrogen and oxygen atoms in total. The minimum absolute atomic E-state index is 0.658. The van der Waals surface area contributed by atoms with Crippen LogP contribution in [-0.2, 0) is 12.8 Å². The van der Waals surface area contributed by atoms with Crippen LogP contribution in [0.15, 0.2) is 6.07 Å². The lowest BCUT2D eigenvalue weighted by Crippen LogP contribution is -2.02. The first-order valence-corrected chi connectivity index (χ1v) is 7.97. The minimum Gasteiger partial charge on any atom is -0.233 e. The molecule has 1 aliphatic carbocycles. The van der Waals surface area contributed by atoms with Crippen molar-refractivity contribution >= 4 is 22.9 Å². The van der Waals surface area contributed by atoms with Gasteiger partial charge in [0, 0.05) is 26.6 Å². The number of rotatable bonds is 1. The van der Waals surface area contributed by atoms with Crippen molar-refractivity contribution in [1.82, 2.24) is 9.97 Å². The van der Waals surface area contributed by atoms with E-state index in [0.717, 1.165) is 29.9 Å². The zero-order valence-electron chi connectivity index (χ0n) is 11.3. The topological polar surface area (TPSA) is 25.8 Å². The molecule has 0 amide bonds. The molecule has 0 spiro atoms. The van der Waals surface area contributed by atoms with Crippen LogP contribution in [0.5, 0.6) is 0 Å². The minimum atomic E-state index is 0.658. The number of halogens is 1. The lowest BCUT2D eigenvalue weighted by atomic mass is 10.1. The van der Waals surface area contributed by atoms with Crippen LogP contribution in [0.4, 0.5) is 0 Å². The molecular weight excluding hydrogens is 276 g/mol. The average molecular weight is 293 g/mol. The fourth-order valence-electron chi connectivity index (χ4n) is 2.70. The molecule has 0 saturated heterocycles. The lowest BCUT2D eigenvalue weighted by molar-refractivity contribution is 0.709. The second kappa shape index (κ2) is 5.22. The molecule has 0 atom stereocenters. The number of thiophene rings is 1. The highest BCUT2D eigenvalue weighted by molar-refractivity contribution is 7.12. The standard InChI is InChI=1S/C15H17ClN2S/c1-9-8-12(10(2)19-9)15-17-13-7-5-3-4-6-11(13)14(16)18-15/h8H,3-7H2,1-2H3.